The molecule has 0 aliphatic heterocycles. The van der Waals surface area contributed by atoms with Gasteiger partial charge in [0.1, 0.15) is 5.76 Å². The van der Waals surface area contributed by atoms with Crippen LogP contribution < -0.4 is 0 Å². The number of alkyl halides is 3. The van der Waals surface area contributed by atoms with Gasteiger partial charge in [-0.15, -0.1) is 0 Å². The highest BCUT2D eigenvalue weighted by Gasteiger charge is 2.49. The summed E-state index contributed by atoms with van der Waals surface area (Å²) >= 11 is 0. The van der Waals surface area contributed by atoms with E-state index in [4.69, 9.17) is 0 Å². The Morgan fingerprint density at radius 1 is 1.19 bits per heavy atom. The molecule has 1 aliphatic rings. The second-order valence-electron chi connectivity index (χ2n) is 3.78. The standard InChI is InChI=1S/C9H13F3O3S/c1-7(8-5-3-2-4-6-8)15-16(13,14)9(10,11)12/h8H,1-6H2. The number of hydrogen-bond donors (Lipinski definition) is 0. The number of hydrogen-bond acceptors (Lipinski definition) is 3. The molecule has 0 bridgehead atoms. The first-order chi connectivity index (χ1) is 7.24. The summed E-state index contributed by atoms with van der Waals surface area (Å²) in [5.74, 6) is -0.581. The van der Waals surface area contributed by atoms with Gasteiger partial charge in [0.25, 0.3) is 0 Å². The maximum absolute atomic E-state index is 12.0. The van der Waals surface area contributed by atoms with E-state index in [1.807, 2.05) is 0 Å². The zero-order valence-electron chi connectivity index (χ0n) is 8.59. The van der Waals surface area contributed by atoms with Gasteiger partial charge < -0.3 is 4.18 Å². The van der Waals surface area contributed by atoms with Crippen molar-refractivity contribution < 1.29 is 25.8 Å². The van der Waals surface area contributed by atoms with Gasteiger partial charge in [0.2, 0.25) is 0 Å². The molecule has 7 heteroatoms. The molecule has 0 amide bonds. The zero-order chi connectivity index (χ0) is 12.4. The predicted octanol–water partition coefficient (Wildman–Crippen LogP) is 2.95. The summed E-state index contributed by atoms with van der Waals surface area (Å²) in [5.41, 5.74) is -5.38. The van der Waals surface area contributed by atoms with Crippen LogP contribution in [0.15, 0.2) is 12.3 Å². The fraction of sp³-hybridized carbons (Fsp3) is 0.778. The van der Waals surface area contributed by atoms with Crippen LogP contribution in [-0.2, 0) is 14.3 Å². The van der Waals surface area contributed by atoms with Crippen LogP contribution in [0.1, 0.15) is 32.1 Å². The fourth-order valence-electron chi connectivity index (χ4n) is 1.68. The van der Waals surface area contributed by atoms with Crippen molar-refractivity contribution in [1.29, 1.82) is 0 Å². The van der Waals surface area contributed by atoms with E-state index < -0.39 is 15.6 Å². The Kier molecular flexibility index (Phi) is 3.88. The van der Waals surface area contributed by atoms with E-state index in [0.29, 0.717) is 12.8 Å². The summed E-state index contributed by atoms with van der Waals surface area (Å²) in [7, 11) is -5.55. The molecule has 0 unspecified atom stereocenters. The summed E-state index contributed by atoms with van der Waals surface area (Å²) in [6.07, 6.45) is 3.99. The van der Waals surface area contributed by atoms with Crippen molar-refractivity contribution in [3.8, 4) is 0 Å². The molecule has 0 N–H and O–H groups in total. The SMILES string of the molecule is C=C(OS(=O)(=O)C(F)(F)F)C1CCCCC1. The van der Waals surface area contributed by atoms with Crippen molar-refractivity contribution in [2.45, 2.75) is 37.6 Å². The van der Waals surface area contributed by atoms with Gasteiger partial charge in [-0.05, 0) is 12.8 Å². The molecule has 0 aromatic heterocycles. The lowest BCUT2D eigenvalue weighted by atomic mass is 9.88. The minimum absolute atomic E-state index is 0.286. The van der Waals surface area contributed by atoms with Crippen molar-refractivity contribution in [2.75, 3.05) is 0 Å². The first kappa shape index (κ1) is 13.3. The Labute approximate surface area is 92.4 Å². The van der Waals surface area contributed by atoms with Crippen molar-refractivity contribution in [2.24, 2.45) is 5.92 Å². The first-order valence-corrected chi connectivity index (χ1v) is 6.34. The van der Waals surface area contributed by atoms with Crippen LogP contribution >= 0.6 is 0 Å². The highest BCUT2D eigenvalue weighted by molar-refractivity contribution is 7.87. The van der Waals surface area contributed by atoms with E-state index in [0.717, 1.165) is 19.3 Å². The molecule has 0 radical (unpaired) electrons. The van der Waals surface area contributed by atoms with Crippen LogP contribution in [0.2, 0.25) is 0 Å². The second-order valence-corrected chi connectivity index (χ2v) is 5.32. The van der Waals surface area contributed by atoms with E-state index in [2.05, 4.69) is 10.8 Å². The van der Waals surface area contributed by atoms with Gasteiger partial charge in [-0.1, -0.05) is 25.8 Å². The van der Waals surface area contributed by atoms with Crippen LogP contribution in [0.3, 0.4) is 0 Å². The highest BCUT2D eigenvalue weighted by atomic mass is 32.2. The maximum atomic E-state index is 12.0. The molecule has 1 rings (SSSR count). The molecule has 0 saturated heterocycles. The Morgan fingerprint density at radius 2 is 1.69 bits per heavy atom. The third-order valence-electron chi connectivity index (χ3n) is 2.56. The van der Waals surface area contributed by atoms with E-state index >= 15 is 0 Å². The minimum atomic E-state index is -5.55. The topological polar surface area (TPSA) is 43.4 Å². The van der Waals surface area contributed by atoms with Gasteiger partial charge in [0.15, 0.2) is 0 Å². The van der Waals surface area contributed by atoms with Gasteiger partial charge >= 0.3 is 15.6 Å². The number of rotatable bonds is 3. The van der Waals surface area contributed by atoms with Gasteiger partial charge in [0.05, 0.1) is 0 Å². The molecule has 0 heterocycles. The molecular weight excluding hydrogens is 245 g/mol. The molecule has 0 aromatic carbocycles. The molecule has 1 fully saturated rings. The molecule has 1 aliphatic carbocycles. The van der Waals surface area contributed by atoms with Gasteiger partial charge in [-0.3, -0.25) is 0 Å². The Hall–Kier alpha value is -0.720. The lowest BCUT2D eigenvalue weighted by molar-refractivity contribution is -0.0527. The number of halogens is 3. The monoisotopic (exact) mass is 258 g/mol. The van der Waals surface area contributed by atoms with Crippen molar-refractivity contribution in [3.63, 3.8) is 0 Å². The van der Waals surface area contributed by atoms with Crippen molar-refractivity contribution >= 4 is 10.1 Å². The summed E-state index contributed by atoms with van der Waals surface area (Å²) < 4.78 is 61.4. The molecule has 0 spiro atoms. The molecule has 0 aromatic rings. The van der Waals surface area contributed by atoms with E-state index in [1.165, 1.54) is 0 Å². The van der Waals surface area contributed by atoms with Gasteiger partial charge in [-0.25, -0.2) is 0 Å². The fourth-order valence-corrected chi connectivity index (χ4v) is 2.19. The molecule has 3 nitrogen and oxygen atoms in total. The van der Waals surface area contributed by atoms with Gasteiger partial charge in [0, 0.05) is 5.92 Å². The summed E-state index contributed by atoms with van der Waals surface area (Å²) in [6, 6.07) is 0. The molecular formula is C9H13F3O3S. The average Bonchev–Trinajstić information content (AvgIpc) is 2.16. The Balaban J connectivity index is 2.64. The predicted molar refractivity (Wildman–Crippen MR) is 51.8 cm³/mol. The van der Waals surface area contributed by atoms with Gasteiger partial charge in [-0.2, -0.15) is 21.6 Å². The summed E-state index contributed by atoms with van der Waals surface area (Å²) in [4.78, 5) is 0. The molecule has 0 atom stereocenters. The molecule has 1 saturated carbocycles. The van der Waals surface area contributed by atoms with Crippen LogP contribution in [-0.4, -0.2) is 13.9 Å². The minimum Gasteiger partial charge on any atom is -0.381 e. The highest BCUT2D eigenvalue weighted by Crippen LogP contribution is 2.33. The third kappa shape index (κ3) is 3.13. The average molecular weight is 258 g/mol. The van der Waals surface area contributed by atoms with Crippen LogP contribution in [0, 0.1) is 5.92 Å². The lowest BCUT2D eigenvalue weighted by Gasteiger charge is -2.23. The Bertz CT molecular complexity index is 353. The Morgan fingerprint density at radius 3 is 2.12 bits per heavy atom. The molecule has 94 valence electrons. The van der Waals surface area contributed by atoms with Crippen molar-refractivity contribution in [3.05, 3.63) is 12.3 Å². The van der Waals surface area contributed by atoms with E-state index in [9.17, 15) is 21.6 Å². The van der Waals surface area contributed by atoms with E-state index in [-0.39, 0.29) is 11.7 Å². The number of allylic oxidation sites excluding steroid dienone is 1. The summed E-state index contributed by atoms with van der Waals surface area (Å²) in [6.45, 7) is 3.28. The van der Waals surface area contributed by atoms with Crippen LogP contribution in [0.5, 0.6) is 0 Å². The summed E-state index contributed by atoms with van der Waals surface area (Å²) in [5, 5.41) is 0. The zero-order valence-corrected chi connectivity index (χ0v) is 9.40. The normalized spacial score (nSPS) is 19.4. The second kappa shape index (κ2) is 4.65. The molecule has 16 heavy (non-hydrogen) atoms. The van der Waals surface area contributed by atoms with Crippen molar-refractivity contribution in [1.82, 2.24) is 0 Å². The third-order valence-corrected chi connectivity index (χ3v) is 3.56. The quantitative estimate of drug-likeness (QED) is 0.444. The van der Waals surface area contributed by atoms with Crippen LogP contribution in [0.25, 0.3) is 0 Å². The maximum Gasteiger partial charge on any atom is 0.534 e. The first-order valence-electron chi connectivity index (χ1n) is 4.93. The van der Waals surface area contributed by atoms with Crippen LogP contribution in [0.4, 0.5) is 13.2 Å². The largest absolute Gasteiger partial charge is 0.534 e. The smallest absolute Gasteiger partial charge is 0.381 e. The van der Waals surface area contributed by atoms with E-state index in [1.54, 1.807) is 0 Å². The lowest BCUT2D eigenvalue weighted by Crippen LogP contribution is -2.27.